The summed E-state index contributed by atoms with van der Waals surface area (Å²) >= 11 is 0. The summed E-state index contributed by atoms with van der Waals surface area (Å²) in [5, 5.41) is 2.92. The maximum absolute atomic E-state index is 13.1. The number of aromatic nitrogens is 3. The van der Waals surface area contributed by atoms with Crippen LogP contribution in [0.1, 0.15) is 26.0 Å². The van der Waals surface area contributed by atoms with Crippen LogP contribution in [0.4, 0.5) is 19.0 Å². The van der Waals surface area contributed by atoms with E-state index in [1.807, 2.05) is 13.8 Å². The SMILES string of the molecule is COc1nc(NC(=O)[C@H](N)CC(C)C)ccc1-c1ccnc2[nH]c(C(F)(F)F)cc12. The number of carbonyl (C=O) groups is 1. The fourth-order valence-electron chi connectivity index (χ4n) is 3.12. The summed E-state index contributed by atoms with van der Waals surface area (Å²) in [4.78, 5) is 22.8. The maximum Gasteiger partial charge on any atom is 0.431 e. The number of nitrogens with one attached hydrogen (secondary N) is 2. The molecule has 0 fully saturated rings. The van der Waals surface area contributed by atoms with Crippen molar-refractivity contribution in [1.29, 1.82) is 0 Å². The first kappa shape index (κ1) is 21.6. The molecule has 0 radical (unpaired) electrons. The van der Waals surface area contributed by atoms with Gasteiger partial charge in [0.15, 0.2) is 0 Å². The van der Waals surface area contributed by atoms with Gasteiger partial charge in [-0.2, -0.15) is 18.2 Å². The Labute approximate surface area is 170 Å². The van der Waals surface area contributed by atoms with Crippen molar-refractivity contribution in [1.82, 2.24) is 15.0 Å². The minimum absolute atomic E-state index is 0.0962. The van der Waals surface area contributed by atoms with Crippen LogP contribution in [0.2, 0.25) is 0 Å². The fourth-order valence-corrected chi connectivity index (χ4v) is 3.12. The van der Waals surface area contributed by atoms with Crippen LogP contribution >= 0.6 is 0 Å². The van der Waals surface area contributed by atoms with Crippen molar-refractivity contribution in [2.24, 2.45) is 11.7 Å². The number of amides is 1. The number of rotatable bonds is 6. The lowest BCUT2D eigenvalue weighted by Crippen LogP contribution is -2.36. The van der Waals surface area contributed by atoms with Gasteiger partial charge in [0.2, 0.25) is 11.8 Å². The Hall–Kier alpha value is -3.14. The number of nitrogens with two attached hydrogens (primary N) is 1. The summed E-state index contributed by atoms with van der Waals surface area (Å²) in [6.07, 6.45) is -2.61. The van der Waals surface area contributed by atoms with Gasteiger partial charge in [0, 0.05) is 17.1 Å². The summed E-state index contributed by atoms with van der Waals surface area (Å²) in [5.41, 5.74) is 6.01. The third-order valence-electron chi connectivity index (χ3n) is 4.49. The number of hydrogen-bond acceptors (Lipinski definition) is 5. The van der Waals surface area contributed by atoms with E-state index in [-0.39, 0.29) is 34.6 Å². The summed E-state index contributed by atoms with van der Waals surface area (Å²) in [5.74, 6) is 0.257. The average Bonchev–Trinajstić information content (AvgIpc) is 3.12. The molecular weight excluding hydrogens is 399 g/mol. The molecule has 1 amide bonds. The van der Waals surface area contributed by atoms with E-state index in [0.29, 0.717) is 17.5 Å². The van der Waals surface area contributed by atoms with Crippen LogP contribution in [0.15, 0.2) is 30.5 Å². The zero-order valence-corrected chi connectivity index (χ0v) is 16.7. The smallest absolute Gasteiger partial charge is 0.431 e. The number of hydrogen-bond donors (Lipinski definition) is 3. The van der Waals surface area contributed by atoms with E-state index in [2.05, 4.69) is 20.3 Å². The third kappa shape index (κ3) is 4.54. The van der Waals surface area contributed by atoms with Gasteiger partial charge in [-0.3, -0.25) is 4.79 Å². The number of halogens is 3. The van der Waals surface area contributed by atoms with Crippen LogP contribution in [0.3, 0.4) is 0 Å². The lowest BCUT2D eigenvalue weighted by molar-refractivity contribution is -0.140. The van der Waals surface area contributed by atoms with Crippen LogP contribution in [0, 0.1) is 5.92 Å². The van der Waals surface area contributed by atoms with Crippen LogP contribution in [0.5, 0.6) is 5.88 Å². The van der Waals surface area contributed by atoms with Crippen molar-refractivity contribution in [3.05, 3.63) is 36.2 Å². The predicted octanol–water partition coefficient (Wildman–Crippen LogP) is 3.96. The van der Waals surface area contributed by atoms with E-state index in [1.165, 1.54) is 13.3 Å². The van der Waals surface area contributed by atoms with Gasteiger partial charge in [0.1, 0.15) is 17.2 Å². The number of pyridine rings is 2. The van der Waals surface area contributed by atoms with E-state index in [9.17, 15) is 18.0 Å². The molecule has 0 aromatic carbocycles. The Bertz CT molecular complexity index is 1060. The summed E-state index contributed by atoms with van der Waals surface area (Å²) in [6.45, 7) is 3.92. The van der Waals surface area contributed by atoms with Gasteiger partial charge in [-0.1, -0.05) is 13.8 Å². The zero-order valence-electron chi connectivity index (χ0n) is 16.7. The standard InChI is InChI=1S/C20H22F3N5O2/c1-10(2)8-14(24)18(29)27-16-5-4-12(19(28-16)30-3)11-6-7-25-17-13(11)9-15(26-17)20(21,22)23/h4-7,9-10,14H,8,24H2,1-3H3,(H,25,26)(H,27,28,29)/t14-/m1/s1. The monoisotopic (exact) mass is 421 g/mol. The first-order valence-electron chi connectivity index (χ1n) is 9.27. The second-order valence-corrected chi connectivity index (χ2v) is 7.28. The Balaban J connectivity index is 1.96. The van der Waals surface area contributed by atoms with Crippen LogP contribution in [-0.2, 0) is 11.0 Å². The van der Waals surface area contributed by atoms with E-state index >= 15 is 0 Å². The van der Waals surface area contributed by atoms with Gasteiger partial charge < -0.3 is 20.8 Å². The zero-order chi connectivity index (χ0) is 22.1. The molecule has 10 heteroatoms. The quantitative estimate of drug-likeness (QED) is 0.559. The molecule has 0 aliphatic rings. The minimum Gasteiger partial charge on any atom is -0.480 e. The highest BCUT2D eigenvalue weighted by molar-refractivity contribution is 5.96. The van der Waals surface area contributed by atoms with E-state index in [0.717, 1.165) is 6.07 Å². The van der Waals surface area contributed by atoms with Gasteiger partial charge in [-0.05, 0) is 42.2 Å². The van der Waals surface area contributed by atoms with Gasteiger partial charge in [0.25, 0.3) is 0 Å². The fraction of sp³-hybridized carbons (Fsp3) is 0.350. The summed E-state index contributed by atoms with van der Waals surface area (Å²) in [6, 6.07) is 5.05. The first-order valence-corrected chi connectivity index (χ1v) is 9.27. The molecule has 3 heterocycles. The number of fused-ring (bicyclic) bond motifs is 1. The maximum atomic E-state index is 13.1. The topological polar surface area (TPSA) is 106 Å². The number of nitrogens with zero attached hydrogens (tertiary/aromatic N) is 2. The highest BCUT2D eigenvalue weighted by Crippen LogP contribution is 2.37. The number of anilines is 1. The minimum atomic E-state index is -4.52. The number of alkyl halides is 3. The number of H-pyrrole nitrogens is 1. The van der Waals surface area contributed by atoms with Gasteiger partial charge in [-0.15, -0.1) is 0 Å². The molecule has 3 aromatic rings. The highest BCUT2D eigenvalue weighted by atomic mass is 19.4. The van der Waals surface area contributed by atoms with Crippen molar-refractivity contribution in [3.63, 3.8) is 0 Å². The van der Waals surface area contributed by atoms with Crippen molar-refractivity contribution in [2.45, 2.75) is 32.5 Å². The van der Waals surface area contributed by atoms with Crippen LogP contribution in [0.25, 0.3) is 22.2 Å². The van der Waals surface area contributed by atoms with Crippen LogP contribution in [-0.4, -0.2) is 34.0 Å². The van der Waals surface area contributed by atoms with Gasteiger partial charge in [0.05, 0.1) is 13.2 Å². The van der Waals surface area contributed by atoms with Crippen molar-refractivity contribution < 1.29 is 22.7 Å². The van der Waals surface area contributed by atoms with E-state index in [4.69, 9.17) is 10.5 Å². The summed E-state index contributed by atoms with van der Waals surface area (Å²) < 4.78 is 44.6. The molecule has 4 N–H and O–H groups in total. The highest BCUT2D eigenvalue weighted by Gasteiger charge is 2.33. The lowest BCUT2D eigenvalue weighted by Gasteiger charge is -2.15. The second-order valence-electron chi connectivity index (χ2n) is 7.28. The molecule has 0 bridgehead atoms. The normalized spacial score (nSPS) is 12.9. The molecule has 0 spiro atoms. The molecule has 30 heavy (non-hydrogen) atoms. The Kier molecular flexibility index (Phi) is 5.97. The number of aromatic amines is 1. The molecule has 3 aromatic heterocycles. The van der Waals surface area contributed by atoms with Crippen molar-refractivity contribution in [2.75, 3.05) is 12.4 Å². The Morgan fingerprint density at radius 1 is 1.27 bits per heavy atom. The molecule has 1 atom stereocenters. The first-order chi connectivity index (χ1) is 14.1. The van der Waals surface area contributed by atoms with Crippen molar-refractivity contribution in [3.8, 4) is 17.0 Å². The second kappa shape index (κ2) is 8.31. The molecule has 0 saturated carbocycles. The molecule has 0 aliphatic heterocycles. The largest absolute Gasteiger partial charge is 0.480 e. The third-order valence-corrected chi connectivity index (χ3v) is 4.49. The number of carbonyl (C=O) groups excluding carboxylic acids is 1. The van der Waals surface area contributed by atoms with Crippen LogP contribution < -0.4 is 15.8 Å². The molecule has 0 unspecified atom stereocenters. The van der Waals surface area contributed by atoms with E-state index in [1.54, 1.807) is 18.2 Å². The van der Waals surface area contributed by atoms with Gasteiger partial charge >= 0.3 is 6.18 Å². The summed E-state index contributed by atoms with van der Waals surface area (Å²) in [7, 11) is 1.39. The Morgan fingerprint density at radius 3 is 2.63 bits per heavy atom. The molecular formula is C20H22F3N5O2. The van der Waals surface area contributed by atoms with Gasteiger partial charge in [-0.25, -0.2) is 4.98 Å². The molecule has 3 rings (SSSR count). The predicted molar refractivity (Wildman–Crippen MR) is 107 cm³/mol. The number of ether oxygens (including phenoxy) is 1. The molecule has 7 nitrogen and oxygen atoms in total. The van der Waals surface area contributed by atoms with Crippen molar-refractivity contribution >= 4 is 22.8 Å². The lowest BCUT2D eigenvalue weighted by atomic mass is 10.0. The number of methoxy groups -OCH3 is 1. The average molecular weight is 421 g/mol. The molecule has 0 aliphatic carbocycles. The molecule has 0 saturated heterocycles. The molecule has 160 valence electrons. The van der Waals surface area contributed by atoms with E-state index < -0.39 is 17.9 Å². The Morgan fingerprint density at radius 2 is 2.00 bits per heavy atom.